The van der Waals surface area contributed by atoms with Crippen molar-refractivity contribution in [2.45, 2.75) is 64.3 Å². The van der Waals surface area contributed by atoms with E-state index in [4.69, 9.17) is 14.6 Å². The average Bonchev–Trinajstić information content (AvgIpc) is 3.63. The Morgan fingerprint density at radius 1 is 1.27 bits per heavy atom. The lowest BCUT2D eigenvalue weighted by atomic mass is 9.89. The number of carbonyl (C=O) groups is 1. The first-order valence-electron chi connectivity index (χ1n) is 13.4. The van der Waals surface area contributed by atoms with Crippen LogP contribution in [-0.2, 0) is 16.2 Å². The van der Waals surface area contributed by atoms with Crippen LogP contribution in [0.1, 0.15) is 36.3 Å². The van der Waals surface area contributed by atoms with Crippen molar-refractivity contribution in [3.05, 3.63) is 53.8 Å². The molecule has 5 rings (SSSR count). The summed E-state index contributed by atoms with van der Waals surface area (Å²) < 4.78 is 29.4. The average molecular weight is 584 g/mol. The maximum Gasteiger partial charge on any atom is 0.275 e. The zero-order valence-electron chi connectivity index (χ0n) is 23.1. The van der Waals surface area contributed by atoms with E-state index in [0.717, 1.165) is 18.9 Å². The van der Waals surface area contributed by atoms with Crippen molar-refractivity contribution < 1.29 is 18.7 Å². The Morgan fingerprint density at radius 3 is 2.83 bits per heavy atom. The molecule has 13 heteroatoms. The number of nitrogens with zero attached hydrogens (tertiary/aromatic N) is 6. The number of aromatic nitrogens is 6. The molecule has 4 aromatic rings. The molecule has 4 heterocycles. The van der Waals surface area contributed by atoms with Gasteiger partial charge in [-0.2, -0.15) is 14.6 Å². The summed E-state index contributed by atoms with van der Waals surface area (Å²) in [4.78, 5) is 22.0. The molecular weight excluding hydrogens is 549 g/mol. The highest BCUT2D eigenvalue weighted by atomic mass is 32.1. The topological polar surface area (TPSA) is 109 Å². The van der Waals surface area contributed by atoms with E-state index in [9.17, 15) is 4.79 Å². The predicted molar refractivity (Wildman–Crippen MR) is 154 cm³/mol. The molecule has 0 radical (unpaired) electrons. The van der Waals surface area contributed by atoms with Gasteiger partial charge in [0.25, 0.3) is 5.91 Å². The molecule has 1 aliphatic carbocycles. The van der Waals surface area contributed by atoms with E-state index in [1.54, 1.807) is 11.6 Å². The standard InChI is InChI=1S/C27H34FN7O3SSi/c1-5-38-19-12-18(13-19)34-15-22(24(33-34)21-8-6-7-9-29-21)31-26(36)23-16-39-27(32-23)20-14-30-35(25(20)28)17-37-10-11-40(2,3)4/h6-9,14-16,18-19H,5,10-13,17H2,1-4H3,(H,31,36)/t18-,19-. The van der Waals surface area contributed by atoms with Gasteiger partial charge in [-0.15, -0.1) is 11.3 Å². The van der Waals surface area contributed by atoms with Crippen LogP contribution in [-0.4, -0.2) is 62.8 Å². The summed E-state index contributed by atoms with van der Waals surface area (Å²) in [7, 11) is -1.23. The van der Waals surface area contributed by atoms with Gasteiger partial charge in [0.2, 0.25) is 5.95 Å². The molecule has 0 bridgehead atoms. The van der Waals surface area contributed by atoms with Gasteiger partial charge < -0.3 is 14.8 Å². The van der Waals surface area contributed by atoms with Crippen LogP contribution in [0.3, 0.4) is 0 Å². The van der Waals surface area contributed by atoms with E-state index in [0.29, 0.717) is 35.3 Å². The Kier molecular flexibility index (Phi) is 8.54. The molecule has 0 unspecified atom stereocenters. The molecule has 212 valence electrons. The van der Waals surface area contributed by atoms with Gasteiger partial charge in [-0.1, -0.05) is 25.7 Å². The molecule has 10 nitrogen and oxygen atoms in total. The number of nitrogens with one attached hydrogen (secondary N) is 1. The quantitative estimate of drug-likeness (QED) is 0.168. The molecule has 1 aliphatic rings. The number of carbonyl (C=O) groups excluding carboxylic acids is 1. The largest absolute Gasteiger partial charge is 0.378 e. The van der Waals surface area contributed by atoms with Crippen molar-refractivity contribution >= 4 is 31.0 Å². The first-order chi connectivity index (χ1) is 19.2. The van der Waals surface area contributed by atoms with Crippen LogP contribution in [0.25, 0.3) is 22.0 Å². The number of rotatable bonds is 12. The fourth-order valence-electron chi connectivity index (χ4n) is 4.31. The van der Waals surface area contributed by atoms with Crippen LogP contribution in [0.15, 0.2) is 42.2 Å². The van der Waals surface area contributed by atoms with Crippen molar-refractivity contribution in [1.29, 1.82) is 0 Å². The predicted octanol–water partition coefficient (Wildman–Crippen LogP) is 5.71. The lowest BCUT2D eigenvalue weighted by molar-refractivity contribution is -0.0226. The van der Waals surface area contributed by atoms with Crippen molar-refractivity contribution in [2.24, 2.45) is 0 Å². The first kappa shape index (κ1) is 28.3. The van der Waals surface area contributed by atoms with Gasteiger partial charge in [-0.25, -0.2) is 9.67 Å². The van der Waals surface area contributed by atoms with Crippen LogP contribution >= 0.6 is 11.3 Å². The van der Waals surface area contributed by atoms with Crippen LogP contribution < -0.4 is 5.32 Å². The highest BCUT2D eigenvalue weighted by Gasteiger charge is 2.33. The van der Waals surface area contributed by atoms with Gasteiger partial charge in [0.15, 0.2) is 0 Å². The summed E-state index contributed by atoms with van der Waals surface area (Å²) in [5, 5.41) is 13.8. The minimum Gasteiger partial charge on any atom is -0.378 e. The third kappa shape index (κ3) is 6.54. The second kappa shape index (κ2) is 12.1. The van der Waals surface area contributed by atoms with E-state index in [-0.39, 0.29) is 30.1 Å². The van der Waals surface area contributed by atoms with E-state index in [1.165, 1.54) is 22.2 Å². The number of ether oxygens (including phenoxy) is 2. The Balaban J connectivity index is 1.28. The van der Waals surface area contributed by atoms with Crippen molar-refractivity contribution in [3.63, 3.8) is 0 Å². The Morgan fingerprint density at radius 2 is 2.10 bits per heavy atom. The number of amides is 1. The van der Waals surface area contributed by atoms with Gasteiger partial charge >= 0.3 is 0 Å². The molecule has 1 N–H and O–H groups in total. The summed E-state index contributed by atoms with van der Waals surface area (Å²) in [5.41, 5.74) is 2.17. The second-order valence-electron chi connectivity index (χ2n) is 11.0. The first-order valence-corrected chi connectivity index (χ1v) is 18.0. The van der Waals surface area contributed by atoms with Gasteiger partial charge in [0.05, 0.1) is 35.3 Å². The monoisotopic (exact) mass is 583 g/mol. The van der Waals surface area contributed by atoms with E-state index < -0.39 is 19.9 Å². The van der Waals surface area contributed by atoms with Gasteiger partial charge in [-0.3, -0.25) is 14.5 Å². The fourth-order valence-corrected chi connectivity index (χ4v) is 5.86. The van der Waals surface area contributed by atoms with Crippen molar-refractivity contribution in [2.75, 3.05) is 18.5 Å². The minimum atomic E-state index is -1.23. The molecular formula is C27H34FN7O3SSi. The van der Waals surface area contributed by atoms with E-state index in [2.05, 4.69) is 40.0 Å². The minimum absolute atomic E-state index is 0.0294. The molecule has 40 heavy (non-hydrogen) atoms. The zero-order valence-corrected chi connectivity index (χ0v) is 24.9. The van der Waals surface area contributed by atoms with Crippen molar-refractivity contribution in [1.82, 2.24) is 29.5 Å². The third-order valence-corrected chi connectivity index (χ3v) is 9.27. The zero-order chi connectivity index (χ0) is 28.3. The maximum absolute atomic E-state index is 15.0. The lowest BCUT2D eigenvalue weighted by Crippen LogP contribution is -2.33. The lowest BCUT2D eigenvalue weighted by Gasteiger charge is -2.34. The molecule has 0 atom stereocenters. The number of anilines is 1. The van der Waals surface area contributed by atoms with E-state index in [1.807, 2.05) is 36.0 Å². The Hall–Kier alpha value is -3.26. The number of thiazole rings is 1. The van der Waals surface area contributed by atoms with Crippen LogP contribution in [0.4, 0.5) is 10.1 Å². The Labute approximate surface area is 237 Å². The normalized spacial score (nSPS) is 17.1. The summed E-state index contributed by atoms with van der Waals surface area (Å²) in [6.07, 6.45) is 6.88. The number of hydrogen-bond acceptors (Lipinski definition) is 8. The van der Waals surface area contributed by atoms with E-state index >= 15 is 4.39 Å². The molecule has 1 saturated carbocycles. The van der Waals surface area contributed by atoms with Gasteiger partial charge in [-0.05, 0) is 37.9 Å². The van der Waals surface area contributed by atoms with Crippen LogP contribution in [0, 0.1) is 5.95 Å². The van der Waals surface area contributed by atoms with Crippen LogP contribution in [0.2, 0.25) is 25.7 Å². The fraction of sp³-hybridized carbons (Fsp3) is 0.444. The molecule has 4 aromatic heterocycles. The molecule has 1 amide bonds. The summed E-state index contributed by atoms with van der Waals surface area (Å²) in [5.74, 6) is -0.957. The maximum atomic E-state index is 15.0. The number of hydrogen-bond donors (Lipinski definition) is 1. The highest BCUT2D eigenvalue weighted by molar-refractivity contribution is 7.13. The summed E-state index contributed by atoms with van der Waals surface area (Å²) in [6.45, 7) is 10.1. The van der Waals surface area contributed by atoms with Gasteiger partial charge in [0, 0.05) is 39.1 Å². The molecule has 1 fully saturated rings. The molecule has 0 spiro atoms. The molecule has 0 aromatic carbocycles. The molecule has 0 aliphatic heterocycles. The second-order valence-corrected chi connectivity index (χ2v) is 17.5. The van der Waals surface area contributed by atoms with Crippen LogP contribution in [0.5, 0.6) is 0 Å². The molecule has 0 saturated heterocycles. The Bertz CT molecular complexity index is 1440. The third-order valence-electron chi connectivity index (χ3n) is 6.69. The van der Waals surface area contributed by atoms with Crippen molar-refractivity contribution in [3.8, 4) is 22.0 Å². The highest BCUT2D eigenvalue weighted by Crippen LogP contribution is 2.37. The summed E-state index contributed by atoms with van der Waals surface area (Å²) in [6, 6.07) is 6.73. The smallest absolute Gasteiger partial charge is 0.275 e. The number of halogens is 1. The number of pyridine rings is 1. The van der Waals surface area contributed by atoms with Gasteiger partial charge in [0.1, 0.15) is 23.1 Å². The summed E-state index contributed by atoms with van der Waals surface area (Å²) >= 11 is 1.18. The SMILES string of the molecule is CCO[C@H]1C[C@H](n2cc(NC(=O)c3csc(-c4cnn(COCC[Si](C)(C)C)c4F)n3)c(-c3ccccn3)n2)C1.